The van der Waals surface area contributed by atoms with Crippen LogP contribution in [0.4, 0.5) is 13.2 Å². The van der Waals surface area contributed by atoms with E-state index in [9.17, 15) is 23.1 Å². The Morgan fingerprint density at radius 1 is 1.17 bits per heavy atom. The molecule has 5 aliphatic carbocycles. The second kappa shape index (κ2) is 7.27. The van der Waals surface area contributed by atoms with Crippen LogP contribution < -0.4 is 5.73 Å². The molecule has 4 bridgehead atoms. The summed E-state index contributed by atoms with van der Waals surface area (Å²) in [6.07, 6.45) is 4.65. The molecular weight excluding hydrogens is 387 g/mol. The minimum absolute atomic E-state index is 0.299. The van der Waals surface area contributed by atoms with E-state index in [1.165, 1.54) is 12.8 Å². The predicted molar refractivity (Wildman–Crippen MR) is 98.2 cm³/mol. The van der Waals surface area contributed by atoms with Crippen molar-refractivity contribution in [1.82, 2.24) is 9.78 Å². The number of nitrogens with two attached hydrogens (primary N) is 1. The van der Waals surface area contributed by atoms with Gasteiger partial charge in [-0.05, 0) is 62.7 Å². The number of rotatable bonds is 2. The molecule has 0 aliphatic heterocycles. The van der Waals surface area contributed by atoms with Gasteiger partial charge in [0.1, 0.15) is 5.56 Å². The molecule has 5 fully saturated rings. The van der Waals surface area contributed by atoms with Crippen molar-refractivity contribution >= 4 is 5.97 Å². The van der Waals surface area contributed by atoms with E-state index in [4.69, 9.17) is 10.8 Å². The lowest BCUT2D eigenvalue weighted by atomic mass is 9.52. The number of alkyl halides is 3. The molecule has 2 atom stereocenters. The van der Waals surface area contributed by atoms with E-state index in [0.717, 1.165) is 48.9 Å². The molecule has 0 amide bonds. The number of aromatic carboxylic acids is 1. The third kappa shape index (κ3) is 3.91. The van der Waals surface area contributed by atoms with E-state index in [1.807, 2.05) is 0 Å². The highest BCUT2D eigenvalue weighted by Gasteiger charge is 2.53. The number of hydrogen-bond donors (Lipinski definition) is 3. The van der Waals surface area contributed by atoms with E-state index in [-0.39, 0.29) is 11.6 Å². The quantitative estimate of drug-likeness (QED) is 0.685. The molecule has 9 heteroatoms. The summed E-state index contributed by atoms with van der Waals surface area (Å²) in [4.78, 5) is 10.7. The molecule has 5 saturated carbocycles. The van der Waals surface area contributed by atoms with Gasteiger partial charge in [-0.25, -0.2) is 4.79 Å². The van der Waals surface area contributed by atoms with Gasteiger partial charge in [-0.3, -0.25) is 4.68 Å². The van der Waals surface area contributed by atoms with Crippen LogP contribution in [-0.4, -0.2) is 37.6 Å². The molecule has 0 radical (unpaired) electrons. The molecule has 0 saturated heterocycles. The topological polar surface area (TPSA) is 101 Å². The Kier molecular flexibility index (Phi) is 5.17. The second-order valence-electron chi connectivity index (χ2n) is 9.36. The molecule has 0 aromatic carbocycles. The number of carbonyl (C=O) groups is 1. The molecular formula is C20H28F3N3O3. The maximum Gasteiger partial charge on any atom is 0.433 e. The van der Waals surface area contributed by atoms with Crippen LogP contribution in [0.3, 0.4) is 0 Å². The Morgan fingerprint density at radius 2 is 1.76 bits per heavy atom. The summed E-state index contributed by atoms with van der Waals surface area (Å²) < 4.78 is 39.3. The van der Waals surface area contributed by atoms with Crippen LogP contribution in [0.5, 0.6) is 0 Å². The van der Waals surface area contributed by atoms with Crippen molar-refractivity contribution < 1.29 is 28.2 Å². The molecule has 1 heterocycles. The van der Waals surface area contributed by atoms with E-state index >= 15 is 0 Å². The van der Waals surface area contributed by atoms with Crippen molar-refractivity contribution in [3.05, 3.63) is 17.5 Å². The van der Waals surface area contributed by atoms with Gasteiger partial charge in [0, 0.05) is 6.04 Å². The van der Waals surface area contributed by atoms with Gasteiger partial charge in [-0.1, -0.05) is 12.8 Å². The third-order valence-electron chi connectivity index (χ3n) is 7.28. The van der Waals surface area contributed by atoms with Crippen molar-refractivity contribution in [2.45, 2.75) is 81.6 Å². The maximum atomic E-state index is 12.8. The first-order valence-electron chi connectivity index (χ1n) is 10.4. The SMILES string of the molecule is NC1C2CC3CC1CC(O)(C3)C2.O=C(O)c1cnn(C2CCCC2)c1C(F)(F)F. The van der Waals surface area contributed by atoms with Crippen LogP contribution >= 0.6 is 0 Å². The number of halogens is 3. The summed E-state index contributed by atoms with van der Waals surface area (Å²) in [6, 6.07) is 0.0709. The zero-order valence-electron chi connectivity index (χ0n) is 16.2. The van der Waals surface area contributed by atoms with Crippen LogP contribution in [0.2, 0.25) is 0 Å². The van der Waals surface area contributed by atoms with Gasteiger partial charge in [0.2, 0.25) is 0 Å². The molecule has 0 spiro atoms. The highest BCUT2D eigenvalue weighted by Crippen LogP contribution is 2.55. The normalized spacial score (nSPS) is 36.2. The molecule has 6 rings (SSSR count). The van der Waals surface area contributed by atoms with Crippen LogP contribution in [0, 0.1) is 17.8 Å². The van der Waals surface area contributed by atoms with Crippen molar-refractivity contribution in [2.75, 3.05) is 0 Å². The lowest BCUT2D eigenvalue weighted by molar-refractivity contribution is -0.145. The van der Waals surface area contributed by atoms with Gasteiger partial charge >= 0.3 is 12.1 Å². The minimum Gasteiger partial charge on any atom is -0.478 e. The van der Waals surface area contributed by atoms with Crippen molar-refractivity contribution in [2.24, 2.45) is 23.5 Å². The standard InChI is InChI=1S/C10H11F3N2O2.C10H17NO/c11-10(12,13)8-7(9(16)17)5-14-15(8)6-3-1-2-4-6;11-9-7-1-6-2-8(9)5-10(12,3-6)4-7/h5-6H,1-4H2,(H,16,17);6-9,12H,1-5,11H2. The number of nitrogens with zero attached hydrogens (tertiary/aromatic N) is 2. The average molecular weight is 415 g/mol. The smallest absolute Gasteiger partial charge is 0.433 e. The fourth-order valence-corrected chi connectivity index (χ4v) is 6.25. The monoisotopic (exact) mass is 415 g/mol. The Hall–Kier alpha value is -1.61. The summed E-state index contributed by atoms with van der Waals surface area (Å²) >= 11 is 0. The zero-order valence-corrected chi connectivity index (χ0v) is 16.2. The Balaban J connectivity index is 0.000000149. The fraction of sp³-hybridized carbons (Fsp3) is 0.800. The number of hydrogen-bond acceptors (Lipinski definition) is 4. The molecule has 5 aliphatic rings. The highest BCUT2D eigenvalue weighted by molar-refractivity contribution is 5.88. The van der Waals surface area contributed by atoms with Gasteiger partial charge in [0.15, 0.2) is 5.69 Å². The zero-order chi connectivity index (χ0) is 21.0. The Bertz CT molecular complexity index is 757. The average Bonchev–Trinajstić information content (AvgIpc) is 3.27. The number of aliphatic hydroxyl groups is 1. The van der Waals surface area contributed by atoms with Crippen LogP contribution in [-0.2, 0) is 6.18 Å². The van der Waals surface area contributed by atoms with Crippen molar-refractivity contribution in [3.8, 4) is 0 Å². The fourth-order valence-electron chi connectivity index (χ4n) is 6.25. The molecule has 4 N–H and O–H groups in total. The molecule has 2 unspecified atom stereocenters. The number of carboxylic acids is 1. The Morgan fingerprint density at radius 3 is 2.24 bits per heavy atom. The molecule has 6 nitrogen and oxygen atoms in total. The molecule has 162 valence electrons. The highest BCUT2D eigenvalue weighted by atomic mass is 19.4. The molecule has 29 heavy (non-hydrogen) atoms. The van der Waals surface area contributed by atoms with Crippen LogP contribution in [0.25, 0.3) is 0 Å². The maximum absolute atomic E-state index is 12.8. The third-order valence-corrected chi connectivity index (χ3v) is 7.28. The van der Waals surface area contributed by atoms with E-state index < -0.39 is 23.4 Å². The minimum atomic E-state index is -4.69. The summed E-state index contributed by atoms with van der Waals surface area (Å²) in [5, 5.41) is 22.5. The van der Waals surface area contributed by atoms with Crippen molar-refractivity contribution in [1.29, 1.82) is 0 Å². The lowest BCUT2D eigenvalue weighted by Crippen LogP contribution is -2.59. The Labute approximate surface area is 167 Å². The lowest BCUT2D eigenvalue weighted by Gasteiger charge is -2.57. The summed E-state index contributed by atoms with van der Waals surface area (Å²) in [5.74, 6) is 0.483. The van der Waals surface area contributed by atoms with E-state index in [1.54, 1.807) is 0 Å². The number of aromatic nitrogens is 2. The largest absolute Gasteiger partial charge is 0.478 e. The van der Waals surface area contributed by atoms with Gasteiger partial charge in [-0.2, -0.15) is 18.3 Å². The summed E-state index contributed by atoms with van der Waals surface area (Å²) in [7, 11) is 0. The number of carboxylic acid groups (broad SMARTS) is 1. The second-order valence-corrected chi connectivity index (χ2v) is 9.36. The van der Waals surface area contributed by atoms with Crippen LogP contribution in [0.1, 0.15) is 79.9 Å². The first-order chi connectivity index (χ1) is 13.6. The summed E-state index contributed by atoms with van der Waals surface area (Å²) in [5.41, 5.74) is 3.90. The van der Waals surface area contributed by atoms with Gasteiger partial charge in [-0.15, -0.1) is 0 Å². The van der Waals surface area contributed by atoms with Crippen LogP contribution in [0.15, 0.2) is 6.20 Å². The van der Waals surface area contributed by atoms with Gasteiger partial charge in [0.25, 0.3) is 0 Å². The van der Waals surface area contributed by atoms with Crippen molar-refractivity contribution in [3.63, 3.8) is 0 Å². The molecule has 1 aromatic rings. The molecule has 1 aromatic heterocycles. The summed E-state index contributed by atoms with van der Waals surface area (Å²) in [6.45, 7) is 0. The first kappa shape index (κ1) is 20.7. The van der Waals surface area contributed by atoms with E-state index in [2.05, 4.69) is 5.10 Å². The van der Waals surface area contributed by atoms with E-state index in [0.29, 0.717) is 30.7 Å². The first-order valence-corrected chi connectivity index (χ1v) is 10.4. The predicted octanol–water partition coefficient (Wildman–Crippen LogP) is 3.60. The van der Waals surface area contributed by atoms with Gasteiger partial charge in [0.05, 0.1) is 17.8 Å². The van der Waals surface area contributed by atoms with Gasteiger partial charge < -0.3 is 15.9 Å².